The third-order valence-electron chi connectivity index (χ3n) is 5.02. The monoisotopic (exact) mass is 416 g/mol. The van der Waals surface area contributed by atoms with Crippen molar-refractivity contribution in [3.8, 4) is 0 Å². The zero-order valence-electron chi connectivity index (χ0n) is 16.2. The Hall–Kier alpha value is -2.90. The Morgan fingerprint density at radius 3 is 2.21 bits per heavy atom. The van der Waals surface area contributed by atoms with E-state index in [1.54, 1.807) is 48.5 Å². The number of halogens is 1. The van der Waals surface area contributed by atoms with Crippen molar-refractivity contribution in [2.24, 2.45) is 5.92 Å². The van der Waals surface area contributed by atoms with Gasteiger partial charge in [-0.3, -0.25) is 10.1 Å². The Bertz CT molecular complexity index is 929. The van der Waals surface area contributed by atoms with Crippen LogP contribution in [-0.4, -0.2) is 37.7 Å². The lowest BCUT2D eigenvalue weighted by Gasteiger charge is -2.44. The summed E-state index contributed by atoms with van der Waals surface area (Å²) in [6.07, 6.45) is 0. The van der Waals surface area contributed by atoms with Gasteiger partial charge in [0, 0.05) is 17.7 Å². The highest BCUT2D eigenvalue weighted by Crippen LogP contribution is 2.38. The second-order valence-corrected chi connectivity index (χ2v) is 7.20. The van der Waals surface area contributed by atoms with Crippen molar-refractivity contribution in [3.05, 3.63) is 70.2 Å². The van der Waals surface area contributed by atoms with Gasteiger partial charge in [0.1, 0.15) is 5.92 Å². The van der Waals surface area contributed by atoms with E-state index in [9.17, 15) is 14.4 Å². The zero-order valence-corrected chi connectivity index (χ0v) is 16.9. The molecule has 152 valence electrons. The van der Waals surface area contributed by atoms with Crippen molar-refractivity contribution in [2.75, 3.05) is 14.2 Å². The Kier molecular flexibility index (Phi) is 5.91. The van der Waals surface area contributed by atoms with Crippen LogP contribution in [0.25, 0.3) is 0 Å². The number of methoxy groups -OCH3 is 2. The van der Waals surface area contributed by atoms with Gasteiger partial charge in [0.2, 0.25) is 0 Å². The summed E-state index contributed by atoms with van der Waals surface area (Å²) in [5, 5.41) is 5.69. The zero-order chi connectivity index (χ0) is 21.2. The number of hydrogen-bond acceptors (Lipinski definition) is 5. The number of rotatable bonds is 5. The van der Waals surface area contributed by atoms with Crippen molar-refractivity contribution < 1.29 is 23.9 Å². The Balaban J connectivity index is 2.17. The third kappa shape index (κ3) is 3.83. The molecule has 1 heterocycles. The van der Waals surface area contributed by atoms with Crippen molar-refractivity contribution in [3.63, 3.8) is 0 Å². The summed E-state index contributed by atoms with van der Waals surface area (Å²) in [7, 11) is 2.42. The molecule has 29 heavy (non-hydrogen) atoms. The van der Waals surface area contributed by atoms with Crippen LogP contribution in [0.5, 0.6) is 0 Å². The molecule has 2 aromatic rings. The first-order valence-corrected chi connectivity index (χ1v) is 9.28. The Morgan fingerprint density at radius 2 is 1.66 bits per heavy atom. The van der Waals surface area contributed by atoms with Crippen LogP contribution in [0.3, 0.4) is 0 Å². The van der Waals surface area contributed by atoms with Crippen LogP contribution < -0.4 is 10.6 Å². The summed E-state index contributed by atoms with van der Waals surface area (Å²) in [5.74, 6) is -2.40. The quantitative estimate of drug-likeness (QED) is 0.577. The van der Waals surface area contributed by atoms with Gasteiger partial charge in [0.25, 0.3) is 5.72 Å². The first-order chi connectivity index (χ1) is 13.8. The molecular weight excluding hydrogens is 396 g/mol. The number of urea groups is 1. The smallest absolute Gasteiger partial charge is 0.360 e. The topological polar surface area (TPSA) is 93.7 Å². The lowest BCUT2D eigenvalue weighted by molar-refractivity contribution is -0.178. The number of benzene rings is 2. The second kappa shape index (κ2) is 8.23. The van der Waals surface area contributed by atoms with E-state index in [1.165, 1.54) is 14.2 Å². The SMILES string of the molecule is COC(=O)C1(OC)NC(=O)NC(c2ccc(Cl)cc2)C1C(=O)c1ccc(C)cc1. The molecule has 0 spiro atoms. The number of carbonyl (C=O) groups is 3. The highest BCUT2D eigenvalue weighted by Gasteiger charge is 2.59. The molecule has 8 heteroatoms. The van der Waals surface area contributed by atoms with Gasteiger partial charge in [-0.15, -0.1) is 0 Å². The number of esters is 1. The van der Waals surface area contributed by atoms with Crippen LogP contribution in [0.2, 0.25) is 5.02 Å². The highest BCUT2D eigenvalue weighted by molar-refractivity contribution is 6.30. The van der Waals surface area contributed by atoms with E-state index in [2.05, 4.69) is 10.6 Å². The van der Waals surface area contributed by atoms with Crippen LogP contribution in [0, 0.1) is 12.8 Å². The molecule has 2 aromatic carbocycles. The average molecular weight is 417 g/mol. The fraction of sp³-hybridized carbons (Fsp3) is 0.286. The van der Waals surface area contributed by atoms with Gasteiger partial charge in [-0.25, -0.2) is 9.59 Å². The van der Waals surface area contributed by atoms with E-state index in [0.717, 1.165) is 5.56 Å². The van der Waals surface area contributed by atoms with Crippen molar-refractivity contribution in [2.45, 2.75) is 18.7 Å². The maximum atomic E-state index is 13.6. The molecule has 1 aliphatic rings. The Morgan fingerprint density at radius 1 is 1.03 bits per heavy atom. The van der Waals surface area contributed by atoms with Crippen LogP contribution in [0.1, 0.15) is 27.5 Å². The fourth-order valence-electron chi connectivity index (χ4n) is 3.51. The van der Waals surface area contributed by atoms with Crippen molar-refractivity contribution >= 4 is 29.4 Å². The first kappa shape index (κ1) is 20.8. The predicted molar refractivity (Wildman–Crippen MR) is 107 cm³/mol. The number of aryl methyl sites for hydroxylation is 1. The van der Waals surface area contributed by atoms with E-state index in [1.807, 2.05) is 6.92 Å². The van der Waals surface area contributed by atoms with Crippen molar-refractivity contribution in [1.29, 1.82) is 0 Å². The minimum absolute atomic E-state index is 0.378. The summed E-state index contributed by atoms with van der Waals surface area (Å²) >= 11 is 5.98. The largest absolute Gasteiger partial charge is 0.465 e. The summed E-state index contributed by atoms with van der Waals surface area (Å²) in [5.41, 5.74) is -0.0386. The van der Waals surface area contributed by atoms with E-state index in [4.69, 9.17) is 21.1 Å². The summed E-state index contributed by atoms with van der Waals surface area (Å²) in [6, 6.07) is 12.1. The number of amides is 2. The Labute approximate surface area is 173 Å². The van der Waals surface area contributed by atoms with Crippen LogP contribution in [0.4, 0.5) is 4.79 Å². The lowest BCUT2D eigenvalue weighted by atomic mass is 9.77. The molecular formula is C21H21ClN2O5. The van der Waals surface area contributed by atoms with Crippen LogP contribution in [0.15, 0.2) is 48.5 Å². The molecule has 2 amide bonds. The molecule has 2 N–H and O–H groups in total. The average Bonchev–Trinajstić information content (AvgIpc) is 2.73. The minimum atomic E-state index is -2.00. The molecule has 0 aliphatic carbocycles. The van der Waals surface area contributed by atoms with E-state index >= 15 is 0 Å². The van der Waals surface area contributed by atoms with E-state index < -0.39 is 29.7 Å². The maximum Gasteiger partial charge on any atom is 0.360 e. The minimum Gasteiger partial charge on any atom is -0.465 e. The second-order valence-electron chi connectivity index (χ2n) is 6.77. The standard InChI is InChI=1S/C21H21ClN2O5/c1-12-4-6-14(7-5-12)18(25)16-17(13-8-10-15(22)11-9-13)23-20(27)24-21(16,29-3)19(26)28-2/h4-11,16-17H,1-3H3,(H2,23,24,27). The van der Waals surface area contributed by atoms with Gasteiger partial charge in [-0.05, 0) is 24.6 Å². The number of nitrogens with one attached hydrogen (secondary N) is 2. The van der Waals surface area contributed by atoms with Gasteiger partial charge < -0.3 is 14.8 Å². The molecule has 1 aliphatic heterocycles. The predicted octanol–water partition coefficient (Wildman–Crippen LogP) is 3.02. The van der Waals surface area contributed by atoms with Gasteiger partial charge in [0.05, 0.1) is 13.2 Å². The van der Waals surface area contributed by atoms with E-state index in [-0.39, 0.29) is 5.78 Å². The van der Waals surface area contributed by atoms with Gasteiger partial charge in [-0.1, -0.05) is 53.6 Å². The van der Waals surface area contributed by atoms with E-state index in [0.29, 0.717) is 16.1 Å². The molecule has 0 saturated carbocycles. The molecule has 3 atom stereocenters. The van der Waals surface area contributed by atoms with Gasteiger partial charge in [0.15, 0.2) is 5.78 Å². The molecule has 3 unspecified atom stereocenters. The number of ether oxygens (including phenoxy) is 2. The maximum absolute atomic E-state index is 13.6. The van der Waals surface area contributed by atoms with Crippen LogP contribution in [-0.2, 0) is 14.3 Å². The third-order valence-corrected chi connectivity index (χ3v) is 5.27. The number of carbonyl (C=O) groups excluding carboxylic acids is 3. The first-order valence-electron chi connectivity index (χ1n) is 8.91. The molecule has 3 rings (SSSR count). The summed E-state index contributed by atoms with van der Waals surface area (Å²) < 4.78 is 10.4. The lowest BCUT2D eigenvalue weighted by Crippen LogP contribution is -2.71. The highest BCUT2D eigenvalue weighted by atomic mass is 35.5. The molecule has 0 aromatic heterocycles. The van der Waals surface area contributed by atoms with Crippen LogP contribution >= 0.6 is 11.6 Å². The molecule has 1 saturated heterocycles. The molecule has 0 bridgehead atoms. The molecule has 0 radical (unpaired) electrons. The van der Waals surface area contributed by atoms with Crippen molar-refractivity contribution in [1.82, 2.24) is 10.6 Å². The number of hydrogen-bond donors (Lipinski definition) is 2. The normalized spacial score (nSPS) is 23.7. The summed E-state index contributed by atoms with van der Waals surface area (Å²) in [6.45, 7) is 1.90. The van der Waals surface area contributed by atoms with Gasteiger partial charge >= 0.3 is 12.0 Å². The number of ketones is 1. The summed E-state index contributed by atoms with van der Waals surface area (Å²) in [4.78, 5) is 38.7. The van der Waals surface area contributed by atoms with Gasteiger partial charge in [-0.2, -0.15) is 0 Å². The number of Topliss-reactive ketones (excluding diaryl/α,β-unsaturated/α-hetero) is 1. The molecule has 1 fully saturated rings. The molecule has 7 nitrogen and oxygen atoms in total. The fourth-order valence-corrected chi connectivity index (χ4v) is 3.64.